The van der Waals surface area contributed by atoms with Crippen LogP contribution in [0, 0.1) is 12.8 Å². The van der Waals surface area contributed by atoms with E-state index in [9.17, 15) is 13.2 Å². The highest BCUT2D eigenvalue weighted by molar-refractivity contribution is 7.89. The predicted octanol–water partition coefficient (Wildman–Crippen LogP) is 0.690. The molecule has 126 valence electrons. The van der Waals surface area contributed by atoms with Gasteiger partial charge in [0.05, 0.1) is 10.6 Å². The maximum absolute atomic E-state index is 13.1. The second-order valence-electron chi connectivity index (χ2n) is 6.36. The Labute approximate surface area is 140 Å². The Bertz CT molecular complexity index is 876. The first kappa shape index (κ1) is 15.3. The number of carbonyl (C=O) groups is 1. The highest BCUT2D eigenvalue weighted by Crippen LogP contribution is 2.31. The molecule has 0 saturated carbocycles. The summed E-state index contributed by atoms with van der Waals surface area (Å²) in [6.07, 6.45) is 3.83. The van der Waals surface area contributed by atoms with Crippen LogP contribution in [0.1, 0.15) is 12.0 Å². The van der Waals surface area contributed by atoms with Gasteiger partial charge in [-0.3, -0.25) is 4.79 Å². The first-order valence-corrected chi connectivity index (χ1v) is 9.29. The van der Waals surface area contributed by atoms with Gasteiger partial charge in [-0.15, -0.1) is 0 Å². The van der Waals surface area contributed by atoms with Gasteiger partial charge in [-0.25, -0.2) is 13.1 Å². The smallest absolute Gasteiger partial charge is 0.243 e. The van der Waals surface area contributed by atoms with Gasteiger partial charge in [0.1, 0.15) is 0 Å². The fraction of sp³-hybridized carbons (Fsp3) is 0.375. The van der Waals surface area contributed by atoms with E-state index in [1.807, 2.05) is 6.07 Å². The molecule has 0 radical (unpaired) electrons. The van der Waals surface area contributed by atoms with E-state index in [4.69, 9.17) is 0 Å². The lowest BCUT2D eigenvalue weighted by atomic mass is 10.1. The summed E-state index contributed by atoms with van der Waals surface area (Å²) in [5.41, 5.74) is 1.41. The Hall–Kier alpha value is -2.19. The monoisotopic (exact) mass is 346 g/mol. The average Bonchev–Trinajstić information content (AvgIpc) is 3.23. The van der Waals surface area contributed by atoms with Crippen molar-refractivity contribution in [2.24, 2.45) is 5.92 Å². The maximum Gasteiger partial charge on any atom is 0.243 e. The van der Waals surface area contributed by atoms with Crippen molar-refractivity contribution in [2.45, 2.75) is 24.3 Å². The number of aromatic nitrogens is 2. The van der Waals surface area contributed by atoms with Crippen LogP contribution < -0.4 is 5.32 Å². The number of nitrogens with zero attached hydrogens (tertiary/aromatic N) is 3. The van der Waals surface area contributed by atoms with Gasteiger partial charge in [0.2, 0.25) is 15.9 Å². The molecule has 2 saturated heterocycles. The summed E-state index contributed by atoms with van der Waals surface area (Å²) in [4.78, 5) is 11.7. The second-order valence-corrected chi connectivity index (χ2v) is 8.27. The number of aryl methyl sites for hydroxylation is 1. The van der Waals surface area contributed by atoms with Crippen molar-refractivity contribution in [1.29, 1.82) is 0 Å². The topological polar surface area (TPSA) is 84.3 Å². The number of rotatable bonds is 3. The van der Waals surface area contributed by atoms with Crippen molar-refractivity contribution in [3.63, 3.8) is 0 Å². The fourth-order valence-electron chi connectivity index (χ4n) is 3.47. The molecule has 2 aliphatic rings. The van der Waals surface area contributed by atoms with Crippen LogP contribution in [0.2, 0.25) is 0 Å². The van der Waals surface area contributed by atoms with Crippen LogP contribution in [-0.4, -0.2) is 47.5 Å². The molecule has 0 unspecified atom stereocenters. The van der Waals surface area contributed by atoms with E-state index >= 15 is 0 Å². The van der Waals surface area contributed by atoms with Crippen LogP contribution in [0.25, 0.3) is 5.69 Å². The molecule has 7 nitrogen and oxygen atoms in total. The van der Waals surface area contributed by atoms with Gasteiger partial charge >= 0.3 is 0 Å². The zero-order chi connectivity index (χ0) is 16.9. The minimum Gasteiger partial charge on any atom is -0.352 e. The van der Waals surface area contributed by atoms with Crippen LogP contribution in [0.3, 0.4) is 0 Å². The quantitative estimate of drug-likeness (QED) is 0.886. The van der Waals surface area contributed by atoms with Gasteiger partial charge in [-0.05, 0) is 30.7 Å². The first-order valence-electron chi connectivity index (χ1n) is 7.85. The summed E-state index contributed by atoms with van der Waals surface area (Å²) < 4.78 is 29.3. The van der Waals surface area contributed by atoms with Gasteiger partial charge in [-0.2, -0.15) is 9.40 Å². The molecule has 2 aromatic rings. The number of fused-ring (bicyclic) bond motifs is 1. The molecule has 0 bridgehead atoms. The number of nitrogens with one attached hydrogen (secondary N) is 1. The Balaban J connectivity index is 1.68. The molecule has 1 aromatic carbocycles. The van der Waals surface area contributed by atoms with Crippen LogP contribution in [-0.2, 0) is 14.8 Å². The number of sulfonamides is 1. The summed E-state index contributed by atoms with van der Waals surface area (Å²) in [6, 6.07) is 7.02. The summed E-state index contributed by atoms with van der Waals surface area (Å²) in [5.74, 6) is 0.0841. The lowest BCUT2D eigenvalue weighted by molar-refractivity contribution is -0.119. The molecule has 8 heteroatoms. The van der Waals surface area contributed by atoms with E-state index in [2.05, 4.69) is 10.4 Å². The molecule has 0 aliphatic carbocycles. The SMILES string of the molecule is Cc1ccc(-n2cccn2)cc1S(=O)(=O)N1C[C@@H]2CC(=O)N[C@@H]2C1. The Morgan fingerprint density at radius 1 is 1.29 bits per heavy atom. The third-order valence-electron chi connectivity index (χ3n) is 4.76. The lowest BCUT2D eigenvalue weighted by Crippen LogP contribution is -2.35. The van der Waals surface area contributed by atoms with E-state index in [0.29, 0.717) is 35.7 Å². The normalized spacial score (nSPS) is 24.1. The molecular weight excluding hydrogens is 328 g/mol. The molecule has 1 N–H and O–H groups in total. The number of hydrogen-bond acceptors (Lipinski definition) is 4. The van der Waals surface area contributed by atoms with E-state index in [1.165, 1.54) is 4.31 Å². The number of amides is 1. The summed E-state index contributed by atoms with van der Waals surface area (Å²) in [7, 11) is -3.60. The van der Waals surface area contributed by atoms with Crippen LogP contribution in [0.5, 0.6) is 0 Å². The molecule has 0 spiro atoms. The number of carbonyl (C=O) groups excluding carboxylic acids is 1. The minimum atomic E-state index is -3.60. The second kappa shape index (κ2) is 5.42. The third kappa shape index (κ3) is 2.42. The van der Waals surface area contributed by atoms with E-state index < -0.39 is 10.0 Å². The van der Waals surface area contributed by atoms with E-state index in [1.54, 1.807) is 42.2 Å². The average molecular weight is 346 g/mol. The predicted molar refractivity (Wildman–Crippen MR) is 87.1 cm³/mol. The Morgan fingerprint density at radius 3 is 2.83 bits per heavy atom. The Kier molecular flexibility index (Phi) is 3.47. The molecule has 1 amide bonds. The van der Waals surface area contributed by atoms with Gasteiger partial charge in [0, 0.05) is 43.9 Å². The first-order chi connectivity index (χ1) is 11.4. The molecule has 3 heterocycles. The zero-order valence-electron chi connectivity index (χ0n) is 13.2. The molecule has 1 aromatic heterocycles. The van der Waals surface area contributed by atoms with Gasteiger partial charge in [-0.1, -0.05) is 6.07 Å². The lowest BCUT2D eigenvalue weighted by Gasteiger charge is -2.19. The van der Waals surface area contributed by atoms with Crippen LogP contribution >= 0.6 is 0 Å². The summed E-state index contributed by atoms with van der Waals surface area (Å²) in [5, 5.41) is 7.01. The summed E-state index contributed by atoms with van der Waals surface area (Å²) in [6.45, 7) is 2.51. The highest BCUT2D eigenvalue weighted by Gasteiger charge is 2.44. The van der Waals surface area contributed by atoms with Crippen molar-refractivity contribution in [3.05, 3.63) is 42.2 Å². The van der Waals surface area contributed by atoms with E-state index in [-0.39, 0.29) is 17.9 Å². The third-order valence-corrected chi connectivity index (χ3v) is 6.73. The van der Waals surface area contributed by atoms with Crippen molar-refractivity contribution in [1.82, 2.24) is 19.4 Å². The summed E-state index contributed by atoms with van der Waals surface area (Å²) >= 11 is 0. The maximum atomic E-state index is 13.1. The Morgan fingerprint density at radius 2 is 2.12 bits per heavy atom. The molecule has 2 fully saturated rings. The number of hydrogen-bond donors (Lipinski definition) is 1. The van der Waals surface area contributed by atoms with Gasteiger partial charge < -0.3 is 5.32 Å². The molecule has 4 rings (SSSR count). The van der Waals surface area contributed by atoms with Crippen molar-refractivity contribution >= 4 is 15.9 Å². The van der Waals surface area contributed by atoms with Gasteiger partial charge in [0.25, 0.3) is 0 Å². The largest absolute Gasteiger partial charge is 0.352 e. The standard InChI is InChI=1S/C16H18N4O3S/c1-11-3-4-13(20-6-2-5-17-20)8-15(11)24(22,23)19-9-12-7-16(21)18-14(12)10-19/h2-6,8,12,14H,7,9-10H2,1H3,(H,18,21)/t12-,14+/m0/s1. The van der Waals surface area contributed by atoms with Crippen molar-refractivity contribution < 1.29 is 13.2 Å². The van der Waals surface area contributed by atoms with Crippen molar-refractivity contribution in [2.75, 3.05) is 13.1 Å². The minimum absolute atomic E-state index is 0.0129. The number of benzene rings is 1. The zero-order valence-corrected chi connectivity index (χ0v) is 14.0. The molecule has 24 heavy (non-hydrogen) atoms. The molecule has 2 atom stereocenters. The molecular formula is C16H18N4O3S. The highest BCUT2D eigenvalue weighted by atomic mass is 32.2. The van der Waals surface area contributed by atoms with Gasteiger partial charge in [0.15, 0.2) is 0 Å². The van der Waals surface area contributed by atoms with Crippen LogP contribution in [0.4, 0.5) is 0 Å². The van der Waals surface area contributed by atoms with Crippen LogP contribution in [0.15, 0.2) is 41.6 Å². The molecule has 2 aliphatic heterocycles. The fourth-order valence-corrected chi connectivity index (χ4v) is 5.24. The van der Waals surface area contributed by atoms with E-state index in [0.717, 1.165) is 0 Å². The van der Waals surface area contributed by atoms with Crippen molar-refractivity contribution in [3.8, 4) is 5.69 Å².